The quantitative estimate of drug-likeness (QED) is 0.682. The molecule has 0 aliphatic carbocycles. The molecule has 0 radical (unpaired) electrons. The predicted octanol–water partition coefficient (Wildman–Crippen LogP) is 4.97. The Morgan fingerprint density at radius 1 is 1.21 bits per heavy atom. The van der Waals surface area contributed by atoms with Crippen molar-refractivity contribution in [2.24, 2.45) is 0 Å². The second-order valence-corrected chi connectivity index (χ2v) is 6.05. The van der Waals surface area contributed by atoms with E-state index in [1.54, 1.807) is 11.8 Å². The summed E-state index contributed by atoms with van der Waals surface area (Å²) in [6.45, 7) is 2.18. The molecule has 1 heterocycles. The van der Waals surface area contributed by atoms with Gasteiger partial charge in [-0.25, -0.2) is 0 Å². The minimum absolute atomic E-state index is 0.270. The molecule has 2 aromatic carbocycles. The number of benzene rings is 2. The molecule has 0 amide bonds. The maximum Gasteiger partial charge on any atom is 0.0994 e. The lowest BCUT2D eigenvalue weighted by Crippen LogP contribution is -2.00. The molecule has 0 unspecified atom stereocenters. The summed E-state index contributed by atoms with van der Waals surface area (Å²) >= 11 is 8.04. The van der Waals surface area contributed by atoms with Crippen LogP contribution in [0.1, 0.15) is 35.1 Å². The molecule has 0 saturated carbocycles. The Hall–Kier alpha value is -1.43. The number of hydrogen-bond acceptors (Lipinski definition) is 2. The minimum Gasteiger partial charge on any atom is -0.192 e. The van der Waals surface area contributed by atoms with Crippen LogP contribution in [0.25, 0.3) is 0 Å². The first-order valence-electron chi connectivity index (χ1n) is 6.15. The fourth-order valence-electron chi connectivity index (χ4n) is 2.61. The number of hydrogen-bond donors (Lipinski definition) is 0. The van der Waals surface area contributed by atoms with Crippen LogP contribution in [0.3, 0.4) is 0 Å². The zero-order valence-electron chi connectivity index (χ0n) is 10.5. The Labute approximate surface area is 122 Å². The first kappa shape index (κ1) is 12.6. The Bertz CT molecular complexity index is 688. The van der Waals surface area contributed by atoms with E-state index in [1.165, 1.54) is 11.1 Å². The van der Waals surface area contributed by atoms with Gasteiger partial charge in [-0.15, -0.1) is 11.8 Å². The highest BCUT2D eigenvalue weighted by molar-refractivity contribution is 7.98. The average molecular weight is 286 g/mol. The lowest BCUT2D eigenvalue weighted by atomic mass is 9.88. The van der Waals surface area contributed by atoms with E-state index in [-0.39, 0.29) is 5.92 Å². The highest BCUT2D eigenvalue weighted by Crippen LogP contribution is 2.44. The van der Waals surface area contributed by atoms with Gasteiger partial charge in [0.1, 0.15) is 0 Å². The molecule has 1 nitrogen and oxygen atoms in total. The molecule has 1 aliphatic heterocycles. The van der Waals surface area contributed by atoms with Gasteiger partial charge in [0.15, 0.2) is 0 Å². The molecule has 0 bridgehead atoms. The van der Waals surface area contributed by atoms with Crippen molar-refractivity contribution in [3.05, 3.63) is 63.7 Å². The van der Waals surface area contributed by atoms with Crippen molar-refractivity contribution in [2.75, 3.05) is 0 Å². The van der Waals surface area contributed by atoms with E-state index in [2.05, 4.69) is 25.1 Å². The molecule has 19 heavy (non-hydrogen) atoms. The van der Waals surface area contributed by atoms with Crippen LogP contribution in [0, 0.1) is 11.3 Å². The molecular formula is C16H12ClNS. The van der Waals surface area contributed by atoms with Crippen molar-refractivity contribution in [2.45, 2.75) is 23.5 Å². The van der Waals surface area contributed by atoms with E-state index in [9.17, 15) is 5.26 Å². The molecule has 94 valence electrons. The number of rotatable bonds is 0. The standard InChI is InChI=1S/C16H12ClNS/c1-10-12-5-2-4-11(8-18)14(12)9-19-16-13(10)6-3-7-15(16)17/h2-7,10H,9H2,1H3/t10-/m1/s1. The third-order valence-electron chi connectivity index (χ3n) is 3.62. The molecule has 1 atom stereocenters. The molecule has 3 heteroatoms. The molecule has 0 fully saturated rings. The van der Waals surface area contributed by atoms with Gasteiger partial charge in [0, 0.05) is 16.6 Å². The maximum atomic E-state index is 9.26. The Balaban J connectivity index is 2.23. The summed E-state index contributed by atoms with van der Waals surface area (Å²) in [5, 5.41) is 10.1. The highest BCUT2D eigenvalue weighted by Gasteiger charge is 2.23. The molecule has 0 aromatic heterocycles. The van der Waals surface area contributed by atoms with E-state index in [0.29, 0.717) is 0 Å². The molecule has 0 spiro atoms. The van der Waals surface area contributed by atoms with Gasteiger partial charge in [-0.1, -0.05) is 42.8 Å². The number of fused-ring (bicyclic) bond motifs is 2. The summed E-state index contributed by atoms with van der Waals surface area (Å²) in [5.74, 6) is 1.08. The van der Waals surface area contributed by atoms with Crippen molar-refractivity contribution in [3.63, 3.8) is 0 Å². The third kappa shape index (κ3) is 2.04. The van der Waals surface area contributed by atoms with Crippen LogP contribution in [0.5, 0.6) is 0 Å². The largest absolute Gasteiger partial charge is 0.192 e. The second-order valence-electron chi connectivity index (χ2n) is 4.65. The predicted molar refractivity (Wildman–Crippen MR) is 79.7 cm³/mol. The van der Waals surface area contributed by atoms with Gasteiger partial charge < -0.3 is 0 Å². The van der Waals surface area contributed by atoms with Crippen LogP contribution in [-0.4, -0.2) is 0 Å². The van der Waals surface area contributed by atoms with Crippen LogP contribution in [-0.2, 0) is 5.75 Å². The van der Waals surface area contributed by atoms with Crippen molar-refractivity contribution in [3.8, 4) is 6.07 Å². The number of nitrogens with zero attached hydrogens (tertiary/aromatic N) is 1. The summed E-state index contributed by atoms with van der Waals surface area (Å²) in [4.78, 5) is 1.15. The van der Waals surface area contributed by atoms with E-state index < -0.39 is 0 Å². The smallest absolute Gasteiger partial charge is 0.0994 e. The van der Waals surface area contributed by atoms with E-state index in [0.717, 1.165) is 26.8 Å². The van der Waals surface area contributed by atoms with Gasteiger partial charge in [-0.3, -0.25) is 0 Å². The van der Waals surface area contributed by atoms with Crippen molar-refractivity contribution < 1.29 is 0 Å². The van der Waals surface area contributed by atoms with Crippen LogP contribution >= 0.6 is 23.4 Å². The Kier molecular flexibility index (Phi) is 3.26. The fourth-order valence-corrected chi connectivity index (χ4v) is 4.18. The zero-order chi connectivity index (χ0) is 13.4. The first-order valence-corrected chi connectivity index (χ1v) is 7.52. The lowest BCUT2D eigenvalue weighted by molar-refractivity contribution is 0.889. The first-order chi connectivity index (χ1) is 9.22. The lowest BCUT2D eigenvalue weighted by Gasteiger charge is -2.15. The molecule has 2 aromatic rings. The van der Waals surface area contributed by atoms with Gasteiger partial charge in [0.2, 0.25) is 0 Å². The number of thioether (sulfide) groups is 1. The van der Waals surface area contributed by atoms with Gasteiger partial charge in [-0.05, 0) is 28.8 Å². The SMILES string of the molecule is C[C@@H]1c2cccc(C#N)c2CSc2c(Cl)cccc21. The van der Waals surface area contributed by atoms with Crippen LogP contribution in [0.2, 0.25) is 5.02 Å². The molecule has 3 rings (SSSR count). The fraction of sp³-hybridized carbons (Fsp3) is 0.188. The van der Waals surface area contributed by atoms with E-state index >= 15 is 0 Å². The minimum atomic E-state index is 0.270. The van der Waals surface area contributed by atoms with E-state index in [1.807, 2.05) is 24.3 Å². The second kappa shape index (κ2) is 4.92. The van der Waals surface area contributed by atoms with E-state index in [4.69, 9.17) is 11.6 Å². The Morgan fingerprint density at radius 3 is 2.74 bits per heavy atom. The molecule has 0 N–H and O–H groups in total. The molecular weight excluding hydrogens is 274 g/mol. The summed E-state index contributed by atoms with van der Waals surface area (Å²) in [6.07, 6.45) is 0. The van der Waals surface area contributed by atoms with Crippen LogP contribution in [0.15, 0.2) is 41.3 Å². The number of nitriles is 1. The zero-order valence-corrected chi connectivity index (χ0v) is 12.1. The average Bonchev–Trinajstić information content (AvgIpc) is 2.58. The van der Waals surface area contributed by atoms with Gasteiger partial charge in [0.05, 0.1) is 16.7 Å². The number of halogens is 1. The monoisotopic (exact) mass is 285 g/mol. The molecule has 0 saturated heterocycles. The Morgan fingerprint density at radius 2 is 1.95 bits per heavy atom. The summed E-state index contributed by atoms with van der Waals surface area (Å²) in [7, 11) is 0. The topological polar surface area (TPSA) is 23.8 Å². The third-order valence-corrected chi connectivity index (χ3v) is 5.23. The summed E-state index contributed by atoms with van der Waals surface area (Å²) in [5.41, 5.74) is 4.43. The van der Waals surface area contributed by atoms with Gasteiger partial charge >= 0.3 is 0 Å². The molecule has 1 aliphatic rings. The highest BCUT2D eigenvalue weighted by atomic mass is 35.5. The van der Waals surface area contributed by atoms with Gasteiger partial charge in [-0.2, -0.15) is 5.26 Å². The van der Waals surface area contributed by atoms with Crippen molar-refractivity contribution >= 4 is 23.4 Å². The summed E-state index contributed by atoms with van der Waals surface area (Å²) in [6, 6.07) is 14.3. The summed E-state index contributed by atoms with van der Waals surface area (Å²) < 4.78 is 0. The normalized spacial score (nSPS) is 17.0. The maximum absolute atomic E-state index is 9.26. The van der Waals surface area contributed by atoms with Crippen LogP contribution in [0.4, 0.5) is 0 Å². The van der Waals surface area contributed by atoms with Gasteiger partial charge in [0.25, 0.3) is 0 Å². The van der Waals surface area contributed by atoms with Crippen LogP contribution < -0.4 is 0 Å². The van der Waals surface area contributed by atoms with Crippen molar-refractivity contribution in [1.82, 2.24) is 0 Å². The van der Waals surface area contributed by atoms with Crippen molar-refractivity contribution in [1.29, 1.82) is 5.26 Å².